The van der Waals surface area contributed by atoms with Crippen molar-refractivity contribution in [3.8, 4) is 0 Å². The van der Waals surface area contributed by atoms with Crippen LogP contribution in [0.2, 0.25) is 0 Å². The van der Waals surface area contributed by atoms with E-state index in [0.717, 1.165) is 6.42 Å². The number of carbonyl (C=O) groups excluding carboxylic acids is 2. The van der Waals surface area contributed by atoms with Crippen molar-refractivity contribution in [2.75, 3.05) is 13.1 Å². The lowest BCUT2D eigenvalue weighted by Crippen LogP contribution is -2.46. The van der Waals surface area contributed by atoms with Gasteiger partial charge >= 0.3 is 0 Å². The van der Waals surface area contributed by atoms with Crippen LogP contribution in [-0.4, -0.2) is 50.4 Å². The highest BCUT2D eigenvalue weighted by atomic mass is 16.2. The predicted octanol–water partition coefficient (Wildman–Crippen LogP) is 0.470. The molecule has 3 heterocycles. The normalized spacial score (nSPS) is 19.4. The Bertz CT molecular complexity index is 681. The molecular formula is C14H17N5O2. The van der Waals surface area contributed by atoms with Crippen molar-refractivity contribution < 1.29 is 9.59 Å². The largest absolute Gasteiger partial charge is 0.354 e. The number of nitrogens with zero attached hydrogens (tertiary/aromatic N) is 4. The molecule has 110 valence electrons. The first-order valence-electron chi connectivity index (χ1n) is 7.08. The summed E-state index contributed by atoms with van der Waals surface area (Å²) in [6.07, 6.45) is 7.80. The number of amides is 2. The second kappa shape index (κ2) is 5.51. The van der Waals surface area contributed by atoms with Crippen LogP contribution in [0.25, 0.3) is 5.52 Å². The summed E-state index contributed by atoms with van der Waals surface area (Å²) in [5, 5.41) is 7.00. The number of fused-ring (bicyclic) bond motifs is 1. The van der Waals surface area contributed by atoms with E-state index < -0.39 is 6.04 Å². The molecule has 0 saturated carbocycles. The molecule has 0 unspecified atom stereocenters. The van der Waals surface area contributed by atoms with Gasteiger partial charge in [-0.25, -0.2) is 4.52 Å². The lowest BCUT2D eigenvalue weighted by Gasteiger charge is -2.27. The SMILES string of the molecule is CC[C@H]1C(=O)NCCCN1C(=O)c1cnn2ccncc12. The highest BCUT2D eigenvalue weighted by molar-refractivity contribution is 6.02. The highest BCUT2D eigenvalue weighted by Crippen LogP contribution is 2.17. The third-order valence-electron chi connectivity index (χ3n) is 3.76. The molecule has 1 aliphatic heterocycles. The standard InChI is InChI=1S/C14H17N5O2/c1-2-11-13(20)16-4-3-6-18(11)14(21)10-8-17-19-7-5-15-9-12(10)19/h5,7-9,11H,2-4,6H2,1H3,(H,16,20)/t11-/m0/s1. The molecule has 1 atom stereocenters. The molecule has 0 spiro atoms. The highest BCUT2D eigenvalue weighted by Gasteiger charge is 2.31. The summed E-state index contributed by atoms with van der Waals surface area (Å²) in [7, 11) is 0. The van der Waals surface area contributed by atoms with Gasteiger partial charge in [0, 0.05) is 25.5 Å². The summed E-state index contributed by atoms with van der Waals surface area (Å²) < 4.78 is 1.61. The number of hydrogen-bond donors (Lipinski definition) is 1. The molecule has 2 aromatic heterocycles. The van der Waals surface area contributed by atoms with E-state index in [1.54, 1.807) is 28.0 Å². The summed E-state index contributed by atoms with van der Waals surface area (Å²) in [5.41, 5.74) is 1.14. The van der Waals surface area contributed by atoms with Crippen LogP contribution in [-0.2, 0) is 4.79 Å². The molecule has 1 N–H and O–H groups in total. The minimum Gasteiger partial charge on any atom is -0.354 e. The van der Waals surface area contributed by atoms with Crippen LogP contribution < -0.4 is 5.32 Å². The number of hydrogen-bond acceptors (Lipinski definition) is 4. The first-order chi connectivity index (χ1) is 10.2. The summed E-state index contributed by atoms with van der Waals surface area (Å²) >= 11 is 0. The van der Waals surface area contributed by atoms with Gasteiger partial charge in [0.1, 0.15) is 6.04 Å². The maximum Gasteiger partial charge on any atom is 0.258 e. The van der Waals surface area contributed by atoms with Crippen molar-refractivity contribution >= 4 is 17.3 Å². The molecule has 0 radical (unpaired) electrons. The topological polar surface area (TPSA) is 79.6 Å². The zero-order chi connectivity index (χ0) is 14.8. The van der Waals surface area contributed by atoms with Gasteiger partial charge in [-0.1, -0.05) is 6.92 Å². The third-order valence-corrected chi connectivity index (χ3v) is 3.76. The molecule has 7 heteroatoms. The van der Waals surface area contributed by atoms with Crippen LogP contribution in [0.3, 0.4) is 0 Å². The lowest BCUT2D eigenvalue weighted by molar-refractivity contribution is -0.124. The van der Waals surface area contributed by atoms with Crippen LogP contribution in [0.4, 0.5) is 0 Å². The zero-order valence-electron chi connectivity index (χ0n) is 11.8. The van der Waals surface area contributed by atoms with Gasteiger partial charge in [-0.3, -0.25) is 14.6 Å². The minimum atomic E-state index is -0.424. The minimum absolute atomic E-state index is 0.0852. The molecular weight excluding hydrogens is 270 g/mol. The summed E-state index contributed by atoms with van der Waals surface area (Å²) in [6.45, 7) is 3.08. The lowest BCUT2D eigenvalue weighted by atomic mass is 10.1. The maximum absolute atomic E-state index is 12.8. The number of aromatic nitrogens is 3. The monoisotopic (exact) mass is 287 g/mol. The van der Waals surface area contributed by atoms with Crippen molar-refractivity contribution in [1.82, 2.24) is 24.8 Å². The molecule has 2 aromatic rings. The van der Waals surface area contributed by atoms with Crippen LogP contribution in [0.1, 0.15) is 30.1 Å². The van der Waals surface area contributed by atoms with Crippen LogP contribution in [0, 0.1) is 0 Å². The van der Waals surface area contributed by atoms with Crippen molar-refractivity contribution in [2.24, 2.45) is 0 Å². The van der Waals surface area contributed by atoms with Crippen molar-refractivity contribution in [3.63, 3.8) is 0 Å². The van der Waals surface area contributed by atoms with Gasteiger partial charge in [0.2, 0.25) is 5.91 Å². The Hall–Kier alpha value is -2.44. The molecule has 0 aliphatic carbocycles. The van der Waals surface area contributed by atoms with E-state index in [0.29, 0.717) is 30.6 Å². The average Bonchev–Trinajstić information content (AvgIpc) is 2.84. The maximum atomic E-state index is 12.8. The number of carbonyl (C=O) groups is 2. The fourth-order valence-electron chi connectivity index (χ4n) is 2.68. The molecule has 0 aromatic carbocycles. The van der Waals surface area contributed by atoms with E-state index in [2.05, 4.69) is 15.4 Å². The second-order valence-corrected chi connectivity index (χ2v) is 5.03. The quantitative estimate of drug-likeness (QED) is 0.870. The van der Waals surface area contributed by atoms with Gasteiger partial charge in [-0.2, -0.15) is 5.10 Å². The second-order valence-electron chi connectivity index (χ2n) is 5.03. The van der Waals surface area contributed by atoms with Crippen molar-refractivity contribution in [3.05, 3.63) is 30.4 Å². The van der Waals surface area contributed by atoms with Crippen LogP contribution >= 0.6 is 0 Å². The Balaban J connectivity index is 1.97. The fourth-order valence-corrected chi connectivity index (χ4v) is 2.68. The van der Waals surface area contributed by atoms with Gasteiger partial charge in [0.15, 0.2) is 0 Å². The molecule has 0 bridgehead atoms. The zero-order valence-corrected chi connectivity index (χ0v) is 11.8. The molecule has 1 fully saturated rings. The Kier molecular flexibility index (Phi) is 3.55. The van der Waals surface area contributed by atoms with Gasteiger partial charge in [-0.05, 0) is 12.8 Å². The summed E-state index contributed by atoms with van der Waals surface area (Å²) in [4.78, 5) is 30.5. The first kappa shape index (κ1) is 13.5. The molecule has 1 aliphatic rings. The first-order valence-corrected chi connectivity index (χ1v) is 7.08. The third kappa shape index (κ3) is 2.35. The molecule has 21 heavy (non-hydrogen) atoms. The van der Waals surface area contributed by atoms with Gasteiger partial charge in [-0.15, -0.1) is 0 Å². The smallest absolute Gasteiger partial charge is 0.258 e. The Morgan fingerprint density at radius 2 is 2.33 bits per heavy atom. The summed E-state index contributed by atoms with van der Waals surface area (Å²) in [6, 6.07) is -0.424. The van der Waals surface area contributed by atoms with Gasteiger partial charge < -0.3 is 10.2 Å². The van der Waals surface area contributed by atoms with Crippen molar-refractivity contribution in [1.29, 1.82) is 0 Å². The summed E-state index contributed by atoms with van der Waals surface area (Å²) in [5.74, 6) is -0.250. The van der Waals surface area contributed by atoms with Crippen molar-refractivity contribution in [2.45, 2.75) is 25.8 Å². The van der Waals surface area contributed by atoms with Crippen LogP contribution in [0.15, 0.2) is 24.8 Å². The van der Waals surface area contributed by atoms with E-state index in [4.69, 9.17) is 0 Å². The number of rotatable bonds is 2. The van der Waals surface area contributed by atoms with E-state index in [9.17, 15) is 9.59 Å². The Morgan fingerprint density at radius 1 is 1.48 bits per heavy atom. The number of nitrogens with one attached hydrogen (secondary N) is 1. The molecule has 3 rings (SSSR count). The Morgan fingerprint density at radius 3 is 3.14 bits per heavy atom. The molecule has 1 saturated heterocycles. The van der Waals surface area contributed by atoms with E-state index in [1.807, 2.05) is 6.92 Å². The molecule has 7 nitrogen and oxygen atoms in total. The fraction of sp³-hybridized carbons (Fsp3) is 0.429. The average molecular weight is 287 g/mol. The van der Waals surface area contributed by atoms with E-state index in [-0.39, 0.29) is 11.8 Å². The predicted molar refractivity (Wildman–Crippen MR) is 75.7 cm³/mol. The van der Waals surface area contributed by atoms with Gasteiger partial charge in [0.25, 0.3) is 5.91 Å². The molecule has 2 amide bonds. The van der Waals surface area contributed by atoms with Crippen LogP contribution in [0.5, 0.6) is 0 Å². The van der Waals surface area contributed by atoms with Gasteiger partial charge in [0.05, 0.1) is 23.5 Å². The Labute approximate surface area is 122 Å². The van der Waals surface area contributed by atoms with E-state index >= 15 is 0 Å². The van der Waals surface area contributed by atoms with E-state index in [1.165, 1.54) is 6.20 Å².